The van der Waals surface area contributed by atoms with Crippen molar-refractivity contribution in [2.75, 3.05) is 7.11 Å². The molecule has 0 bridgehead atoms. The van der Waals surface area contributed by atoms with Gasteiger partial charge < -0.3 is 9.47 Å². The van der Waals surface area contributed by atoms with E-state index in [0.717, 1.165) is 16.7 Å². The van der Waals surface area contributed by atoms with Gasteiger partial charge in [0.1, 0.15) is 22.4 Å². The molecule has 188 valence electrons. The van der Waals surface area contributed by atoms with E-state index in [9.17, 15) is 8.42 Å². The first-order chi connectivity index (χ1) is 17.2. The van der Waals surface area contributed by atoms with Gasteiger partial charge in [0.25, 0.3) is 0 Å². The lowest BCUT2D eigenvalue weighted by atomic mass is 10.0. The number of ether oxygens (including phenoxy) is 2. The van der Waals surface area contributed by atoms with E-state index in [4.69, 9.17) is 21.1 Å². The summed E-state index contributed by atoms with van der Waals surface area (Å²) < 4.78 is 42.0. The van der Waals surface area contributed by atoms with Gasteiger partial charge >= 0.3 is 0 Å². The number of aromatic nitrogens is 3. The smallest absolute Gasteiger partial charge is 0.246 e. The molecule has 4 aromatic rings. The van der Waals surface area contributed by atoms with Crippen LogP contribution in [0, 0.1) is 6.92 Å². The zero-order chi connectivity index (χ0) is 25.9. The Morgan fingerprint density at radius 3 is 2.50 bits per heavy atom. The van der Waals surface area contributed by atoms with Crippen molar-refractivity contribution in [1.29, 1.82) is 0 Å². The molecule has 0 spiro atoms. The first-order valence-corrected chi connectivity index (χ1v) is 13.1. The second-order valence-corrected chi connectivity index (χ2v) is 10.3. The van der Waals surface area contributed by atoms with Crippen molar-refractivity contribution in [3.05, 3.63) is 88.8 Å². The molecule has 1 N–H and O–H groups in total. The Morgan fingerprint density at radius 2 is 1.83 bits per heavy atom. The van der Waals surface area contributed by atoms with E-state index >= 15 is 0 Å². The summed E-state index contributed by atoms with van der Waals surface area (Å²) >= 11 is 6.21. The fraction of sp³-hybridized carbons (Fsp3) is 0.231. The summed E-state index contributed by atoms with van der Waals surface area (Å²) in [5.74, 6) is 1.04. The fourth-order valence-electron chi connectivity index (χ4n) is 3.92. The predicted octanol–water partition coefficient (Wildman–Crippen LogP) is 5.07. The summed E-state index contributed by atoms with van der Waals surface area (Å²) in [5, 5.41) is 4.17. The van der Waals surface area contributed by atoms with E-state index in [1.807, 2.05) is 60.7 Å². The number of nitrogens with zero attached hydrogens (tertiary/aromatic N) is 3. The molecule has 0 saturated heterocycles. The molecular weight excluding hydrogens is 500 g/mol. The number of halogens is 1. The first kappa shape index (κ1) is 25.7. The molecular formula is C26H27ClN4O4S. The molecule has 10 heteroatoms. The van der Waals surface area contributed by atoms with Gasteiger partial charge in [-0.15, -0.1) is 0 Å². The molecule has 0 radical (unpaired) electrons. The van der Waals surface area contributed by atoms with E-state index in [1.165, 1.54) is 4.68 Å². The number of sulfonamides is 1. The lowest BCUT2D eigenvalue weighted by Crippen LogP contribution is -2.27. The molecule has 2 heterocycles. The summed E-state index contributed by atoms with van der Waals surface area (Å²) in [6, 6.07) is 18.5. The highest BCUT2D eigenvalue weighted by atomic mass is 35.5. The van der Waals surface area contributed by atoms with Gasteiger partial charge in [0.15, 0.2) is 0 Å². The van der Waals surface area contributed by atoms with Crippen LogP contribution in [0.15, 0.2) is 71.8 Å². The molecule has 4 rings (SSSR count). The quantitative estimate of drug-likeness (QED) is 0.327. The Hall–Kier alpha value is -3.40. The Labute approximate surface area is 215 Å². The lowest BCUT2D eigenvalue weighted by Gasteiger charge is -2.19. The molecule has 0 saturated carbocycles. The highest BCUT2D eigenvalue weighted by Gasteiger charge is 2.27. The number of rotatable bonds is 9. The van der Waals surface area contributed by atoms with Crippen LogP contribution in [0.2, 0.25) is 5.15 Å². The predicted molar refractivity (Wildman–Crippen MR) is 139 cm³/mol. The van der Waals surface area contributed by atoms with Crippen LogP contribution < -0.4 is 14.2 Å². The second kappa shape index (κ2) is 10.7. The van der Waals surface area contributed by atoms with Crippen molar-refractivity contribution in [1.82, 2.24) is 19.5 Å². The average Bonchev–Trinajstić information content (AvgIpc) is 3.14. The fourth-order valence-corrected chi connectivity index (χ4v) is 5.90. The first-order valence-electron chi connectivity index (χ1n) is 11.2. The van der Waals surface area contributed by atoms with Crippen molar-refractivity contribution in [2.45, 2.75) is 31.4 Å². The molecule has 1 atom stereocenters. The van der Waals surface area contributed by atoms with Gasteiger partial charge in [-0.05, 0) is 43.2 Å². The number of pyridine rings is 1. The normalized spacial score (nSPS) is 12.4. The molecule has 0 amide bonds. The number of hydrogen-bond donors (Lipinski definition) is 1. The van der Waals surface area contributed by atoms with Crippen LogP contribution in [0.3, 0.4) is 0 Å². The van der Waals surface area contributed by atoms with Gasteiger partial charge in [0.05, 0.1) is 12.8 Å². The number of aryl methyl sites for hydroxylation is 2. The van der Waals surface area contributed by atoms with E-state index in [2.05, 4.69) is 14.8 Å². The Balaban J connectivity index is 1.69. The van der Waals surface area contributed by atoms with Gasteiger partial charge in [-0.1, -0.05) is 54.1 Å². The van der Waals surface area contributed by atoms with Gasteiger partial charge in [0.2, 0.25) is 15.9 Å². The molecule has 0 aliphatic carbocycles. The largest absolute Gasteiger partial charge is 0.488 e. The number of benzene rings is 2. The maximum Gasteiger partial charge on any atom is 0.246 e. The Kier molecular flexibility index (Phi) is 7.63. The maximum absolute atomic E-state index is 13.1. The number of hydrogen-bond acceptors (Lipinski definition) is 6. The van der Waals surface area contributed by atoms with Crippen LogP contribution >= 0.6 is 11.6 Å². The monoisotopic (exact) mass is 526 g/mol. The minimum Gasteiger partial charge on any atom is -0.488 e. The molecule has 0 aliphatic rings. The summed E-state index contributed by atoms with van der Waals surface area (Å²) in [6.07, 6.45) is 1.66. The summed E-state index contributed by atoms with van der Waals surface area (Å²) in [6.45, 7) is 3.71. The Bertz CT molecular complexity index is 1470. The van der Waals surface area contributed by atoms with Gasteiger partial charge in [-0.25, -0.2) is 18.1 Å². The van der Waals surface area contributed by atoms with Crippen molar-refractivity contribution in [2.24, 2.45) is 7.05 Å². The van der Waals surface area contributed by atoms with Crippen LogP contribution in [0.4, 0.5) is 0 Å². The molecule has 0 unspecified atom stereocenters. The van der Waals surface area contributed by atoms with Crippen molar-refractivity contribution < 1.29 is 17.9 Å². The third-order valence-corrected chi connectivity index (χ3v) is 7.93. The average molecular weight is 527 g/mol. The van der Waals surface area contributed by atoms with Crippen molar-refractivity contribution in [3.63, 3.8) is 0 Å². The van der Waals surface area contributed by atoms with E-state index in [-0.39, 0.29) is 10.0 Å². The molecule has 2 aromatic carbocycles. The second-order valence-electron chi connectivity index (χ2n) is 8.26. The minimum absolute atomic E-state index is 0.0317. The zero-order valence-corrected chi connectivity index (χ0v) is 22.0. The molecule has 0 aliphatic heterocycles. The van der Waals surface area contributed by atoms with Crippen molar-refractivity contribution >= 4 is 21.6 Å². The van der Waals surface area contributed by atoms with Gasteiger partial charge in [-0.2, -0.15) is 5.10 Å². The maximum atomic E-state index is 13.1. The van der Waals surface area contributed by atoms with Crippen LogP contribution in [-0.4, -0.2) is 30.3 Å². The van der Waals surface area contributed by atoms with Gasteiger partial charge in [-0.3, -0.25) is 4.68 Å². The highest BCUT2D eigenvalue weighted by Crippen LogP contribution is 2.37. The third kappa shape index (κ3) is 5.38. The molecule has 36 heavy (non-hydrogen) atoms. The summed E-state index contributed by atoms with van der Waals surface area (Å²) in [7, 11) is -0.766. The zero-order valence-electron chi connectivity index (χ0n) is 20.4. The van der Waals surface area contributed by atoms with E-state index in [1.54, 1.807) is 34.2 Å². The topological polar surface area (TPSA) is 95.3 Å². The number of methoxy groups -OCH3 is 1. The van der Waals surface area contributed by atoms with Crippen LogP contribution in [0.25, 0.3) is 11.1 Å². The van der Waals surface area contributed by atoms with E-state index < -0.39 is 16.1 Å². The highest BCUT2D eigenvalue weighted by molar-refractivity contribution is 7.89. The minimum atomic E-state index is -3.93. The van der Waals surface area contributed by atoms with Crippen LogP contribution in [0.5, 0.6) is 11.6 Å². The SMILES string of the molecule is COc1ncccc1-c1ccc([C@@H](C)NS(=O)(=O)c2c(C)nn(C)c2Cl)cc1OCc1ccccc1. The standard InChI is InChI=1S/C26H27ClN4O4S/c1-17(30-36(32,33)24-18(2)29-31(3)25(24)27)20-12-13-21(22-11-8-14-28-26(22)34-4)23(15-20)35-16-19-9-6-5-7-10-19/h5-15,17,30H,16H2,1-4H3/t17-/m1/s1. The summed E-state index contributed by atoms with van der Waals surface area (Å²) in [5.41, 5.74) is 3.59. The van der Waals surface area contributed by atoms with E-state index in [0.29, 0.717) is 29.5 Å². The molecule has 8 nitrogen and oxygen atoms in total. The molecule has 2 aromatic heterocycles. The third-order valence-electron chi connectivity index (χ3n) is 5.70. The number of nitrogens with one attached hydrogen (secondary N) is 1. The molecule has 0 fully saturated rings. The van der Waals surface area contributed by atoms with Crippen LogP contribution in [0.1, 0.15) is 29.8 Å². The van der Waals surface area contributed by atoms with Crippen LogP contribution in [-0.2, 0) is 23.7 Å². The lowest BCUT2D eigenvalue weighted by molar-refractivity contribution is 0.306. The summed E-state index contributed by atoms with van der Waals surface area (Å²) in [4.78, 5) is 4.27. The van der Waals surface area contributed by atoms with Gasteiger partial charge in [0, 0.05) is 30.4 Å². The Morgan fingerprint density at radius 1 is 1.08 bits per heavy atom. The van der Waals surface area contributed by atoms with Crippen molar-refractivity contribution in [3.8, 4) is 22.8 Å².